The molecule has 2 N–H and O–H groups in total. The average molecular weight is 656 g/mol. The van der Waals surface area contributed by atoms with E-state index in [1.54, 1.807) is 26.8 Å². The molecule has 3 aromatic carbocycles. The van der Waals surface area contributed by atoms with Gasteiger partial charge in [0.1, 0.15) is 28.5 Å². The number of amides is 3. The Morgan fingerprint density at radius 2 is 1.64 bits per heavy atom. The van der Waals surface area contributed by atoms with Gasteiger partial charge in [0.05, 0.1) is 0 Å². The maximum atomic E-state index is 14.6. The van der Waals surface area contributed by atoms with E-state index in [0.717, 1.165) is 0 Å². The molecule has 242 valence electrons. The van der Waals surface area contributed by atoms with E-state index >= 15 is 0 Å². The fourth-order valence-electron chi connectivity index (χ4n) is 5.92. The molecule has 9 nitrogen and oxygen atoms in total. The molecule has 2 saturated heterocycles. The Hall–Kier alpha value is -4.90. The van der Waals surface area contributed by atoms with Gasteiger partial charge in [0.25, 0.3) is 5.91 Å². The van der Waals surface area contributed by atoms with Gasteiger partial charge in [0.15, 0.2) is 6.10 Å². The zero-order valence-corrected chi connectivity index (χ0v) is 26.9. The topological polar surface area (TPSA) is 114 Å². The lowest BCUT2D eigenvalue weighted by Crippen LogP contribution is -2.70. The lowest BCUT2D eigenvalue weighted by Gasteiger charge is -2.50. The molecule has 0 aliphatic carbocycles. The zero-order chi connectivity index (χ0) is 33.3. The van der Waals surface area contributed by atoms with Gasteiger partial charge in [-0.15, -0.1) is 11.8 Å². The molecule has 0 spiro atoms. The SMILES string of the molecule is CC(C)(C)OC(=O)N[C@@H]1C(=O)N2C(C(=O)OC(c3ccccc3)c3ccccc3)=C(C(=C3CCNC3=O)c3cccc(F)c3)CS[C@H]12. The molecule has 3 amide bonds. The van der Waals surface area contributed by atoms with Crippen molar-refractivity contribution in [1.82, 2.24) is 15.5 Å². The van der Waals surface area contributed by atoms with Gasteiger partial charge in [-0.2, -0.15) is 0 Å². The van der Waals surface area contributed by atoms with Crippen LogP contribution in [0.4, 0.5) is 9.18 Å². The first-order chi connectivity index (χ1) is 22.5. The number of fused-ring (bicyclic) bond motifs is 1. The number of alkyl carbamates (subject to hydrolysis) is 1. The second kappa shape index (κ2) is 13.1. The first-order valence-electron chi connectivity index (χ1n) is 15.3. The molecule has 2 atom stereocenters. The van der Waals surface area contributed by atoms with Gasteiger partial charge in [-0.3, -0.25) is 14.5 Å². The van der Waals surface area contributed by atoms with Crippen molar-refractivity contribution in [1.29, 1.82) is 0 Å². The molecule has 3 heterocycles. The molecule has 0 saturated carbocycles. The number of hydrogen-bond donors (Lipinski definition) is 2. The number of benzene rings is 3. The number of nitrogens with one attached hydrogen (secondary N) is 2. The minimum atomic E-state index is -0.960. The number of β-lactam (4-membered cyclic amide) rings is 1. The van der Waals surface area contributed by atoms with Gasteiger partial charge >= 0.3 is 12.1 Å². The molecule has 0 radical (unpaired) electrons. The highest BCUT2D eigenvalue weighted by atomic mass is 32.2. The summed E-state index contributed by atoms with van der Waals surface area (Å²) in [5.41, 5.74) is 2.13. The van der Waals surface area contributed by atoms with E-state index in [9.17, 15) is 23.6 Å². The highest BCUT2D eigenvalue weighted by Gasteiger charge is 2.55. The van der Waals surface area contributed by atoms with E-state index in [2.05, 4.69) is 10.6 Å². The Bertz CT molecular complexity index is 1750. The van der Waals surface area contributed by atoms with Gasteiger partial charge in [0, 0.05) is 23.4 Å². The van der Waals surface area contributed by atoms with Crippen LogP contribution in [0.3, 0.4) is 0 Å². The predicted octanol–water partition coefficient (Wildman–Crippen LogP) is 5.49. The van der Waals surface area contributed by atoms with Crippen LogP contribution in [0.15, 0.2) is 102 Å². The lowest BCUT2D eigenvalue weighted by molar-refractivity contribution is -0.153. The van der Waals surface area contributed by atoms with Crippen molar-refractivity contribution in [2.75, 3.05) is 12.3 Å². The molecule has 11 heteroatoms. The molecular formula is C36H34FN3O6S. The van der Waals surface area contributed by atoms with Gasteiger partial charge in [-0.05, 0) is 61.6 Å². The van der Waals surface area contributed by atoms with Crippen molar-refractivity contribution in [3.8, 4) is 0 Å². The summed E-state index contributed by atoms with van der Waals surface area (Å²) in [5.74, 6) is -2.00. The van der Waals surface area contributed by atoms with Crippen LogP contribution in [0.1, 0.15) is 50.0 Å². The van der Waals surface area contributed by atoms with Crippen LogP contribution in [-0.2, 0) is 23.9 Å². The molecule has 3 aromatic rings. The summed E-state index contributed by atoms with van der Waals surface area (Å²) >= 11 is 1.32. The number of nitrogens with zero attached hydrogens (tertiary/aromatic N) is 1. The average Bonchev–Trinajstić information content (AvgIpc) is 3.47. The predicted molar refractivity (Wildman–Crippen MR) is 175 cm³/mol. The summed E-state index contributed by atoms with van der Waals surface area (Å²) in [5, 5.41) is 4.80. The maximum absolute atomic E-state index is 14.6. The number of halogens is 1. The summed E-state index contributed by atoms with van der Waals surface area (Å²) in [6.07, 6.45) is -1.23. The Morgan fingerprint density at radius 3 is 2.21 bits per heavy atom. The quantitative estimate of drug-likeness (QED) is 0.197. The maximum Gasteiger partial charge on any atom is 0.408 e. The van der Waals surface area contributed by atoms with Crippen molar-refractivity contribution in [3.05, 3.63) is 124 Å². The third kappa shape index (κ3) is 6.66. The van der Waals surface area contributed by atoms with Crippen LogP contribution in [0.2, 0.25) is 0 Å². The zero-order valence-electron chi connectivity index (χ0n) is 26.1. The highest BCUT2D eigenvalue weighted by Crippen LogP contribution is 2.46. The molecule has 2 fully saturated rings. The van der Waals surface area contributed by atoms with Crippen LogP contribution in [0.5, 0.6) is 0 Å². The van der Waals surface area contributed by atoms with E-state index in [-0.39, 0.29) is 17.4 Å². The molecule has 6 rings (SSSR count). The summed E-state index contributed by atoms with van der Waals surface area (Å²) in [7, 11) is 0. The van der Waals surface area contributed by atoms with E-state index in [0.29, 0.717) is 46.4 Å². The minimum absolute atomic E-state index is 0.0516. The standard InChI is InChI=1S/C36H34FN3O6S/c1-36(2,3)46-35(44)39-28-32(42)40-29(34(43)45-30(21-11-6-4-7-12-21)22-13-8-5-9-14-22)26(20-47-33(28)40)27(25-17-18-38-31(25)41)23-15-10-16-24(37)19-23/h4-16,19,28,30,33H,17-18,20H2,1-3H3,(H,38,41)(H,39,44)/t28-,33-/m1/s1. The van der Waals surface area contributed by atoms with Crippen LogP contribution >= 0.6 is 11.8 Å². The van der Waals surface area contributed by atoms with E-state index in [4.69, 9.17) is 9.47 Å². The number of esters is 1. The van der Waals surface area contributed by atoms with Crippen molar-refractivity contribution in [2.45, 2.75) is 50.3 Å². The lowest BCUT2D eigenvalue weighted by atomic mass is 9.89. The molecular weight excluding hydrogens is 621 g/mol. The second-order valence-corrected chi connectivity index (χ2v) is 13.4. The Morgan fingerprint density at radius 1 is 0.979 bits per heavy atom. The Kier molecular flexibility index (Phi) is 8.92. The van der Waals surface area contributed by atoms with Gasteiger partial charge < -0.3 is 20.1 Å². The number of rotatable bonds is 7. The van der Waals surface area contributed by atoms with Crippen molar-refractivity contribution >= 4 is 41.2 Å². The van der Waals surface area contributed by atoms with Crippen LogP contribution in [-0.4, -0.2) is 58.1 Å². The summed E-state index contributed by atoms with van der Waals surface area (Å²) in [6, 6.07) is 23.3. The monoisotopic (exact) mass is 655 g/mol. The molecule has 3 aliphatic heterocycles. The van der Waals surface area contributed by atoms with Crippen molar-refractivity contribution in [3.63, 3.8) is 0 Å². The van der Waals surface area contributed by atoms with Gasteiger partial charge in [0.2, 0.25) is 5.91 Å². The Labute approximate surface area is 276 Å². The second-order valence-electron chi connectivity index (χ2n) is 12.3. The smallest absolute Gasteiger partial charge is 0.408 e. The van der Waals surface area contributed by atoms with Crippen LogP contribution in [0.25, 0.3) is 5.57 Å². The fourth-order valence-corrected chi connectivity index (χ4v) is 7.27. The summed E-state index contributed by atoms with van der Waals surface area (Å²) in [6.45, 7) is 5.54. The third-order valence-corrected chi connectivity index (χ3v) is 9.19. The summed E-state index contributed by atoms with van der Waals surface area (Å²) < 4.78 is 26.3. The van der Waals surface area contributed by atoms with Gasteiger partial charge in [-0.25, -0.2) is 14.0 Å². The third-order valence-electron chi connectivity index (χ3n) is 7.91. The number of allylic oxidation sites excluding steroid dienone is 1. The van der Waals surface area contributed by atoms with E-state index < -0.39 is 46.9 Å². The summed E-state index contributed by atoms with van der Waals surface area (Å²) in [4.78, 5) is 55.4. The first kappa shape index (κ1) is 32.1. The number of hydrogen-bond acceptors (Lipinski definition) is 7. The minimum Gasteiger partial charge on any atom is -0.448 e. The number of carbonyl (C=O) groups excluding carboxylic acids is 4. The molecule has 47 heavy (non-hydrogen) atoms. The van der Waals surface area contributed by atoms with E-state index in [1.807, 2.05) is 60.7 Å². The Balaban J connectivity index is 1.46. The first-order valence-corrected chi connectivity index (χ1v) is 16.3. The number of carbonyl (C=O) groups is 4. The van der Waals surface area contributed by atoms with Gasteiger partial charge in [-0.1, -0.05) is 72.8 Å². The molecule has 3 aliphatic rings. The van der Waals surface area contributed by atoms with Crippen molar-refractivity contribution < 1.29 is 33.0 Å². The van der Waals surface area contributed by atoms with Crippen molar-refractivity contribution in [2.24, 2.45) is 0 Å². The number of ether oxygens (including phenoxy) is 2. The molecule has 0 aromatic heterocycles. The molecule has 0 unspecified atom stereocenters. The highest BCUT2D eigenvalue weighted by molar-refractivity contribution is 8.00. The van der Waals surface area contributed by atoms with Crippen LogP contribution in [0, 0.1) is 5.82 Å². The molecule has 0 bridgehead atoms. The fraction of sp³-hybridized carbons (Fsp3) is 0.278. The van der Waals surface area contributed by atoms with E-state index in [1.165, 1.54) is 34.9 Å². The normalized spacial score (nSPS) is 20.3. The van der Waals surface area contributed by atoms with Crippen LogP contribution < -0.4 is 10.6 Å². The largest absolute Gasteiger partial charge is 0.448 e. The number of thioether (sulfide) groups is 1.